The zero-order chi connectivity index (χ0) is 22.8. The highest BCUT2D eigenvalue weighted by atomic mass is 16.5. The summed E-state index contributed by atoms with van der Waals surface area (Å²) in [4.78, 5) is 4.53. The lowest BCUT2D eigenvalue weighted by Gasteiger charge is -2.31. The quantitative estimate of drug-likeness (QED) is 0.620. The lowest BCUT2D eigenvalue weighted by atomic mass is 10.0. The molecule has 5 heteroatoms. The van der Waals surface area contributed by atoms with Gasteiger partial charge in [0, 0.05) is 31.9 Å². The molecule has 172 valence electrons. The SMILES string of the molecule is C/C=C(\Nc1ccc(-c2cccc(CN(C)C)c2)cc1)N1CCOCC1.NCC=C1CC1. The molecule has 1 saturated carbocycles. The number of nitrogens with two attached hydrogens (primary N) is 1. The molecule has 3 N–H and O–H groups in total. The van der Waals surface area contributed by atoms with E-state index >= 15 is 0 Å². The number of benzene rings is 2. The van der Waals surface area contributed by atoms with E-state index in [2.05, 4.69) is 96.8 Å². The Morgan fingerprint density at radius 1 is 1.06 bits per heavy atom. The van der Waals surface area contributed by atoms with Gasteiger partial charge in [0.2, 0.25) is 0 Å². The summed E-state index contributed by atoms with van der Waals surface area (Å²) in [5.41, 5.74) is 11.7. The second-order valence-electron chi connectivity index (χ2n) is 8.51. The molecule has 2 aliphatic rings. The highest BCUT2D eigenvalue weighted by Gasteiger charge is 2.13. The van der Waals surface area contributed by atoms with Crippen LogP contribution in [0.25, 0.3) is 11.1 Å². The van der Waals surface area contributed by atoms with Gasteiger partial charge in [-0.3, -0.25) is 0 Å². The van der Waals surface area contributed by atoms with Crippen LogP contribution in [0.1, 0.15) is 25.3 Å². The van der Waals surface area contributed by atoms with Crippen molar-refractivity contribution in [3.63, 3.8) is 0 Å². The van der Waals surface area contributed by atoms with Gasteiger partial charge in [-0.1, -0.05) is 42.0 Å². The van der Waals surface area contributed by atoms with Crippen LogP contribution in [-0.2, 0) is 11.3 Å². The number of anilines is 1. The van der Waals surface area contributed by atoms with Crippen molar-refractivity contribution < 1.29 is 4.74 Å². The number of morpholine rings is 1. The molecule has 0 atom stereocenters. The van der Waals surface area contributed by atoms with E-state index < -0.39 is 0 Å². The Hall–Kier alpha value is -2.60. The van der Waals surface area contributed by atoms with Crippen LogP contribution in [-0.4, -0.2) is 56.7 Å². The number of nitrogens with one attached hydrogen (secondary N) is 1. The van der Waals surface area contributed by atoms with Crippen LogP contribution in [0.4, 0.5) is 5.69 Å². The fraction of sp³-hybridized carbons (Fsp3) is 0.407. The summed E-state index contributed by atoms with van der Waals surface area (Å²) in [6.07, 6.45) is 6.83. The maximum atomic E-state index is 5.44. The van der Waals surface area contributed by atoms with Gasteiger partial charge in [0.25, 0.3) is 0 Å². The second kappa shape index (κ2) is 12.4. The Bertz CT molecular complexity index is 890. The number of hydrogen-bond acceptors (Lipinski definition) is 5. The zero-order valence-electron chi connectivity index (χ0n) is 19.8. The molecule has 1 heterocycles. The molecule has 2 aromatic rings. The smallest absolute Gasteiger partial charge is 0.101 e. The number of ether oxygens (including phenoxy) is 1. The average Bonchev–Trinajstić information content (AvgIpc) is 3.63. The van der Waals surface area contributed by atoms with Gasteiger partial charge in [0.15, 0.2) is 0 Å². The van der Waals surface area contributed by atoms with E-state index in [-0.39, 0.29) is 0 Å². The van der Waals surface area contributed by atoms with Gasteiger partial charge in [0.05, 0.1) is 13.2 Å². The third kappa shape index (κ3) is 7.83. The van der Waals surface area contributed by atoms with Crippen molar-refractivity contribution in [2.45, 2.75) is 26.3 Å². The monoisotopic (exact) mass is 434 g/mol. The highest BCUT2D eigenvalue weighted by Crippen LogP contribution is 2.26. The molecule has 5 nitrogen and oxygen atoms in total. The third-order valence-electron chi connectivity index (χ3n) is 5.49. The van der Waals surface area contributed by atoms with Gasteiger partial charge < -0.3 is 25.6 Å². The van der Waals surface area contributed by atoms with Crippen LogP contribution in [0.2, 0.25) is 0 Å². The summed E-state index contributed by atoms with van der Waals surface area (Å²) in [7, 11) is 4.20. The Kier molecular flexibility index (Phi) is 9.35. The fourth-order valence-electron chi connectivity index (χ4n) is 3.69. The van der Waals surface area contributed by atoms with Crippen molar-refractivity contribution in [1.29, 1.82) is 0 Å². The minimum Gasteiger partial charge on any atom is -0.378 e. The van der Waals surface area contributed by atoms with E-state index in [0.717, 1.165) is 50.9 Å². The summed E-state index contributed by atoms with van der Waals surface area (Å²) < 4.78 is 5.44. The molecule has 0 spiro atoms. The Morgan fingerprint density at radius 2 is 1.78 bits per heavy atom. The topological polar surface area (TPSA) is 53.8 Å². The lowest BCUT2D eigenvalue weighted by molar-refractivity contribution is 0.0542. The molecule has 4 rings (SSSR count). The molecule has 0 unspecified atom stereocenters. The third-order valence-corrected chi connectivity index (χ3v) is 5.49. The highest BCUT2D eigenvalue weighted by molar-refractivity contribution is 5.67. The Labute approximate surface area is 193 Å². The molecular weight excluding hydrogens is 396 g/mol. The van der Waals surface area contributed by atoms with E-state index in [1.165, 1.54) is 35.1 Å². The lowest BCUT2D eigenvalue weighted by Crippen LogP contribution is -2.37. The minimum absolute atomic E-state index is 0.731. The van der Waals surface area contributed by atoms with E-state index in [0.29, 0.717) is 0 Å². The maximum absolute atomic E-state index is 5.44. The second-order valence-corrected chi connectivity index (χ2v) is 8.51. The van der Waals surface area contributed by atoms with E-state index in [1.807, 2.05) is 0 Å². The van der Waals surface area contributed by atoms with E-state index in [4.69, 9.17) is 10.5 Å². The van der Waals surface area contributed by atoms with E-state index in [1.54, 1.807) is 0 Å². The molecule has 32 heavy (non-hydrogen) atoms. The first-order valence-electron chi connectivity index (χ1n) is 11.6. The Morgan fingerprint density at radius 3 is 2.34 bits per heavy atom. The Balaban J connectivity index is 0.000000416. The molecule has 2 fully saturated rings. The summed E-state index contributed by atoms with van der Waals surface area (Å²) >= 11 is 0. The first-order valence-corrected chi connectivity index (χ1v) is 11.6. The summed E-state index contributed by atoms with van der Waals surface area (Å²) in [6, 6.07) is 17.4. The van der Waals surface area contributed by atoms with Gasteiger partial charge in [-0.25, -0.2) is 0 Å². The van der Waals surface area contributed by atoms with Crippen LogP contribution in [0, 0.1) is 0 Å². The minimum atomic E-state index is 0.731. The van der Waals surface area contributed by atoms with Gasteiger partial charge >= 0.3 is 0 Å². The van der Waals surface area contributed by atoms with Crippen LogP contribution in [0.15, 0.2) is 72.1 Å². The molecule has 2 aromatic carbocycles. The average molecular weight is 435 g/mol. The molecular formula is C27H38N4O. The van der Waals surface area contributed by atoms with E-state index in [9.17, 15) is 0 Å². The van der Waals surface area contributed by atoms with Crippen LogP contribution >= 0.6 is 0 Å². The summed E-state index contributed by atoms with van der Waals surface area (Å²) in [5.74, 6) is 1.15. The van der Waals surface area contributed by atoms with Crippen LogP contribution in [0.5, 0.6) is 0 Å². The van der Waals surface area contributed by atoms with Crippen LogP contribution < -0.4 is 11.1 Å². The van der Waals surface area contributed by atoms with Crippen molar-refractivity contribution >= 4 is 5.69 Å². The number of rotatable bonds is 7. The normalized spacial score (nSPS) is 15.8. The predicted octanol–water partition coefficient (Wildman–Crippen LogP) is 4.69. The fourth-order valence-corrected chi connectivity index (χ4v) is 3.69. The van der Waals surface area contributed by atoms with Crippen molar-refractivity contribution in [3.05, 3.63) is 77.6 Å². The molecule has 1 saturated heterocycles. The van der Waals surface area contributed by atoms with Crippen molar-refractivity contribution in [2.75, 3.05) is 52.3 Å². The number of allylic oxidation sites excluding steroid dienone is 2. The van der Waals surface area contributed by atoms with Gasteiger partial charge in [-0.15, -0.1) is 0 Å². The van der Waals surface area contributed by atoms with Gasteiger partial charge in [-0.2, -0.15) is 0 Å². The molecule has 1 aliphatic heterocycles. The van der Waals surface area contributed by atoms with Crippen molar-refractivity contribution in [1.82, 2.24) is 9.80 Å². The summed E-state index contributed by atoms with van der Waals surface area (Å²) in [5, 5.41) is 3.54. The number of nitrogens with zero attached hydrogens (tertiary/aromatic N) is 2. The standard InChI is InChI=1S/C22H29N3O.C5H9N/c1-4-22(25-12-14-26-15-13-25)23-21-10-8-19(9-11-21)20-7-5-6-18(16-20)17-24(2)3;6-4-3-5-1-2-5/h4-11,16,23H,12-15,17H2,1-3H3;3H,1-2,4,6H2/b22-4+;. The first-order chi connectivity index (χ1) is 15.6. The predicted molar refractivity (Wildman–Crippen MR) is 135 cm³/mol. The summed E-state index contributed by atoms with van der Waals surface area (Å²) in [6.45, 7) is 7.21. The molecule has 1 aliphatic carbocycles. The van der Waals surface area contributed by atoms with Crippen LogP contribution in [0.3, 0.4) is 0 Å². The van der Waals surface area contributed by atoms with Gasteiger partial charge in [-0.05, 0) is 74.8 Å². The molecule has 0 radical (unpaired) electrons. The maximum Gasteiger partial charge on any atom is 0.101 e. The molecule has 0 aromatic heterocycles. The van der Waals surface area contributed by atoms with Crippen molar-refractivity contribution in [3.8, 4) is 11.1 Å². The molecule has 0 bridgehead atoms. The largest absolute Gasteiger partial charge is 0.378 e. The zero-order valence-corrected chi connectivity index (χ0v) is 19.8. The van der Waals surface area contributed by atoms with Gasteiger partial charge in [0.1, 0.15) is 5.82 Å². The number of hydrogen-bond donors (Lipinski definition) is 2. The van der Waals surface area contributed by atoms with Crippen molar-refractivity contribution in [2.24, 2.45) is 5.73 Å². The molecule has 0 amide bonds. The first kappa shape index (κ1) is 24.1.